The molecule has 2 rings (SSSR count). The molecule has 1 aliphatic carbocycles. The molecular formula is C14H19BrO2S. The topological polar surface area (TPSA) is 34.1 Å². The third kappa shape index (κ3) is 2.97. The van der Waals surface area contributed by atoms with Gasteiger partial charge in [-0.3, -0.25) is 0 Å². The van der Waals surface area contributed by atoms with Crippen molar-refractivity contribution in [3.63, 3.8) is 0 Å². The lowest BCUT2D eigenvalue weighted by atomic mass is 9.70. The molecule has 1 unspecified atom stereocenters. The highest BCUT2D eigenvalue weighted by molar-refractivity contribution is 9.09. The van der Waals surface area contributed by atoms with Gasteiger partial charge in [0.15, 0.2) is 0 Å². The molecule has 0 aliphatic heterocycles. The number of hydrogen-bond donors (Lipinski definition) is 0. The average Bonchev–Trinajstić information content (AvgIpc) is 2.35. The normalized spacial score (nSPS) is 23.7. The molecule has 1 atom stereocenters. The molecular weight excluding hydrogens is 312 g/mol. The van der Waals surface area contributed by atoms with Crippen LogP contribution < -0.4 is 0 Å². The second-order valence-electron chi connectivity index (χ2n) is 5.30. The van der Waals surface area contributed by atoms with Crippen molar-refractivity contribution in [3.8, 4) is 0 Å². The minimum absolute atomic E-state index is 0.00206. The number of alkyl halides is 1. The molecule has 1 aromatic rings. The third-order valence-electron chi connectivity index (χ3n) is 3.90. The SMILES string of the molecule is CS(=O)(=O)CCC1(CBr)CCCc2ccccc21. The van der Waals surface area contributed by atoms with Crippen LogP contribution in [0.25, 0.3) is 0 Å². The van der Waals surface area contributed by atoms with E-state index in [1.165, 1.54) is 17.4 Å². The summed E-state index contributed by atoms with van der Waals surface area (Å²) in [5.74, 6) is 0.271. The first-order valence-electron chi connectivity index (χ1n) is 6.29. The van der Waals surface area contributed by atoms with Crippen LogP contribution in [0, 0.1) is 0 Å². The quantitative estimate of drug-likeness (QED) is 0.795. The molecule has 0 N–H and O–H groups in total. The van der Waals surface area contributed by atoms with Gasteiger partial charge in [0, 0.05) is 17.0 Å². The maximum Gasteiger partial charge on any atom is 0.147 e. The molecule has 0 saturated heterocycles. The fourth-order valence-corrected chi connectivity index (χ4v) is 4.48. The largest absolute Gasteiger partial charge is 0.229 e. The lowest BCUT2D eigenvalue weighted by Gasteiger charge is -2.38. The number of sulfone groups is 1. The number of aryl methyl sites for hydroxylation is 1. The second kappa shape index (κ2) is 5.33. The molecule has 1 aliphatic rings. The molecule has 0 radical (unpaired) electrons. The molecule has 2 nitrogen and oxygen atoms in total. The monoisotopic (exact) mass is 330 g/mol. The van der Waals surface area contributed by atoms with Crippen LogP contribution in [0.3, 0.4) is 0 Å². The van der Waals surface area contributed by atoms with Crippen LogP contribution in [0.5, 0.6) is 0 Å². The molecule has 0 spiro atoms. The van der Waals surface area contributed by atoms with Crippen LogP contribution in [-0.2, 0) is 21.7 Å². The summed E-state index contributed by atoms with van der Waals surface area (Å²) in [6.45, 7) is 0. The smallest absolute Gasteiger partial charge is 0.147 e. The highest BCUT2D eigenvalue weighted by Gasteiger charge is 2.35. The van der Waals surface area contributed by atoms with E-state index in [0.717, 1.165) is 24.6 Å². The highest BCUT2D eigenvalue weighted by atomic mass is 79.9. The molecule has 0 bridgehead atoms. The molecule has 0 aromatic heterocycles. The van der Waals surface area contributed by atoms with Gasteiger partial charge >= 0.3 is 0 Å². The van der Waals surface area contributed by atoms with Gasteiger partial charge in [0.1, 0.15) is 9.84 Å². The zero-order valence-electron chi connectivity index (χ0n) is 10.7. The van der Waals surface area contributed by atoms with Gasteiger partial charge in [-0.25, -0.2) is 8.42 Å². The van der Waals surface area contributed by atoms with E-state index in [9.17, 15) is 8.42 Å². The zero-order valence-corrected chi connectivity index (χ0v) is 13.1. The number of halogens is 1. The van der Waals surface area contributed by atoms with Crippen molar-refractivity contribution in [2.45, 2.75) is 31.1 Å². The third-order valence-corrected chi connectivity index (χ3v) is 5.92. The lowest BCUT2D eigenvalue weighted by molar-refractivity contribution is 0.391. The summed E-state index contributed by atoms with van der Waals surface area (Å²) in [6.07, 6.45) is 5.37. The van der Waals surface area contributed by atoms with Crippen molar-refractivity contribution in [2.75, 3.05) is 17.3 Å². The second-order valence-corrected chi connectivity index (χ2v) is 8.13. The first kappa shape index (κ1) is 14.1. The number of hydrogen-bond acceptors (Lipinski definition) is 2. The number of fused-ring (bicyclic) bond motifs is 1. The van der Waals surface area contributed by atoms with Crippen LogP contribution >= 0.6 is 15.9 Å². The highest BCUT2D eigenvalue weighted by Crippen LogP contribution is 2.41. The Labute approximate surface area is 118 Å². The van der Waals surface area contributed by atoms with E-state index in [0.29, 0.717) is 6.42 Å². The van der Waals surface area contributed by atoms with E-state index < -0.39 is 9.84 Å². The predicted molar refractivity (Wildman–Crippen MR) is 79.2 cm³/mol. The van der Waals surface area contributed by atoms with Crippen LogP contribution in [0.2, 0.25) is 0 Å². The van der Waals surface area contributed by atoms with Gasteiger partial charge in [0.25, 0.3) is 0 Å². The molecule has 18 heavy (non-hydrogen) atoms. The molecule has 0 fully saturated rings. The molecule has 0 amide bonds. The summed E-state index contributed by atoms with van der Waals surface area (Å²) in [5, 5.41) is 0.840. The van der Waals surface area contributed by atoms with Crippen LogP contribution in [-0.4, -0.2) is 25.8 Å². The maximum absolute atomic E-state index is 11.4. The number of benzene rings is 1. The van der Waals surface area contributed by atoms with Gasteiger partial charge in [-0.2, -0.15) is 0 Å². The standard InChI is InChI=1S/C14H19BrO2S/c1-18(16,17)10-9-14(11-15)8-4-6-12-5-2-3-7-13(12)14/h2-3,5,7H,4,6,8-11H2,1H3. The lowest BCUT2D eigenvalue weighted by Crippen LogP contribution is -2.34. The first-order valence-corrected chi connectivity index (χ1v) is 9.47. The van der Waals surface area contributed by atoms with Crippen LogP contribution in [0.4, 0.5) is 0 Å². The van der Waals surface area contributed by atoms with Gasteiger partial charge in [0.05, 0.1) is 5.75 Å². The average molecular weight is 331 g/mol. The Hall–Kier alpha value is -0.350. The predicted octanol–water partition coefficient (Wildman–Crippen LogP) is 3.09. The molecule has 4 heteroatoms. The molecule has 100 valence electrons. The van der Waals surface area contributed by atoms with Crippen molar-refractivity contribution in [1.82, 2.24) is 0 Å². The Bertz CT molecular complexity index is 524. The summed E-state index contributed by atoms with van der Waals surface area (Å²) in [6, 6.07) is 8.46. The number of rotatable bonds is 4. The molecule has 0 heterocycles. The fraction of sp³-hybridized carbons (Fsp3) is 0.571. The van der Waals surface area contributed by atoms with Crippen molar-refractivity contribution in [2.24, 2.45) is 0 Å². The Morgan fingerprint density at radius 2 is 2.06 bits per heavy atom. The minimum atomic E-state index is -2.90. The van der Waals surface area contributed by atoms with Crippen molar-refractivity contribution < 1.29 is 8.42 Å². The van der Waals surface area contributed by atoms with E-state index >= 15 is 0 Å². The summed E-state index contributed by atoms with van der Waals surface area (Å²) in [4.78, 5) is 0. The summed E-state index contributed by atoms with van der Waals surface area (Å²) in [7, 11) is -2.90. The Morgan fingerprint density at radius 3 is 2.72 bits per heavy atom. The first-order chi connectivity index (χ1) is 8.47. The van der Waals surface area contributed by atoms with E-state index in [4.69, 9.17) is 0 Å². The Kier molecular flexibility index (Phi) is 4.17. The van der Waals surface area contributed by atoms with E-state index in [-0.39, 0.29) is 11.2 Å². The van der Waals surface area contributed by atoms with E-state index in [1.807, 2.05) is 0 Å². The molecule has 1 aromatic carbocycles. The van der Waals surface area contributed by atoms with Gasteiger partial charge in [-0.15, -0.1) is 0 Å². The van der Waals surface area contributed by atoms with E-state index in [2.05, 4.69) is 40.2 Å². The van der Waals surface area contributed by atoms with Gasteiger partial charge in [-0.1, -0.05) is 40.2 Å². The Morgan fingerprint density at radius 1 is 1.33 bits per heavy atom. The van der Waals surface area contributed by atoms with Crippen LogP contribution in [0.15, 0.2) is 24.3 Å². The van der Waals surface area contributed by atoms with Crippen molar-refractivity contribution in [1.29, 1.82) is 0 Å². The van der Waals surface area contributed by atoms with Crippen molar-refractivity contribution >= 4 is 25.8 Å². The summed E-state index contributed by atoms with van der Waals surface area (Å²) >= 11 is 3.61. The van der Waals surface area contributed by atoms with Crippen molar-refractivity contribution in [3.05, 3.63) is 35.4 Å². The molecule has 0 saturated carbocycles. The van der Waals surface area contributed by atoms with E-state index in [1.54, 1.807) is 0 Å². The Balaban J connectivity index is 2.33. The van der Waals surface area contributed by atoms with Gasteiger partial charge < -0.3 is 0 Å². The summed E-state index contributed by atoms with van der Waals surface area (Å²) < 4.78 is 22.9. The minimum Gasteiger partial charge on any atom is -0.229 e. The van der Waals surface area contributed by atoms with Gasteiger partial charge in [-0.05, 0) is 36.8 Å². The maximum atomic E-state index is 11.4. The van der Waals surface area contributed by atoms with Gasteiger partial charge in [0.2, 0.25) is 0 Å². The van der Waals surface area contributed by atoms with Crippen LogP contribution in [0.1, 0.15) is 30.4 Å². The fourth-order valence-electron chi connectivity index (χ4n) is 2.85. The summed E-state index contributed by atoms with van der Waals surface area (Å²) in [5.41, 5.74) is 2.73. The zero-order chi connectivity index (χ0) is 13.2.